The summed E-state index contributed by atoms with van der Waals surface area (Å²) in [5.74, 6) is -0.696. The molecule has 6 nitrogen and oxygen atoms in total. The second-order valence-corrected chi connectivity index (χ2v) is 6.88. The van der Waals surface area contributed by atoms with Crippen molar-refractivity contribution in [2.24, 2.45) is 5.10 Å². The minimum absolute atomic E-state index is 0.266. The fourth-order valence-electron chi connectivity index (χ4n) is 2.46. The van der Waals surface area contributed by atoms with Crippen molar-refractivity contribution in [3.8, 4) is 0 Å². The lowest BCUT2D eigenvalue weighted by molar-refractivity contribution is 0.0954. The van der Waals surface area contributed by atoms with Gasteiger partial charge < -0.3 is 5.32 Å². The molecule has 0 aliphatic rings. The van der Waals surface area contributed by atoms with Gasteiger partial charge >= 0.3 is 0 Å². The monoisotopic (exact) mass is 426 g/mol. The first-order valence-corrected chi connectivity index (χ1v) is 9.31. The van der Waals surface area contributed by atoms with Crippen LogP contribution in [0.3, 0.4) is 0 Å². The molecule has 0 aliphatic heterocycles. The maximum atomic E-state index is 12.5. The Bertz CT molecular complexity index is 1090. The van der Waals surface area contributed by atoms with E-state index in [9.17, 15) is 9.59 Å². The molecule has 3 rings (SSSR count). The van der Waals surface area contributed by atoms with Crippen LogP contribution < -0.4 is 10.7 Å². The summed E-state index contributed by atoms with van der Waals surface area (Å²) < 4.78 is 0. The number of hydrogen-bond acceptors (Lipinski definition) is 4. The van der Waals surface area contributed by atoms with Gasteiger partial charge in [-0.15, -0.1) is 0 Å². The summed E-state index contributed by atoms with van der Waals surface area (Å²) in [6, 6.07) is 15.0. The number of amides is 2. The molecule has 3 aromatic rings. The minimum Gasteiger partial charge on any atom is -0.322 e. The molecule has 1 heterocycles. The Labute approximate surface area is 177 Å². The number of carbonyl (C=O) groups is 2. The van der Waals surface area contributed by atoms with Crippen LogP contribution in [0.4, 0.5) is 5.69 Å². The zero-order valence-electron chi connectivity index (χ0n) is 15.3. The average molecular weight is 427 g/mol. The highest BCUT2D eigenvalue weighted by atomic mass is 35.5. The highest BCUT2D eigenvalue weighted by Gasteiger charge is 2.12. The molecule has 0 atom stereocenters. The first-order chi connectivity index (χ1) is 13.9. The van der Waals surface area contributed by atoms with Crippen molar-refractivity contribution in [2.45, 2.75) is 6.92 Å². The highest BCUT2D eigenvalue weighted by molar-refractivity contribution is 6.37. The van der Waals surface area contributed by atoms with Gasteiger partial charge in [-0.05, 0) is 55.0 Å². The van der Waals surface area contributed by atoms with Gasteiger partial charge in [-0.3, -0.25) is 14.6 Å². The molecular weight excluding hydrogens is 411 g/mol. The van der Waals surface area contributed by atoms with E-state index in [1.807, 2.05) is 6.07 Å². The Balaban J connectivity index is 1.71. The Hall–Kier alpha value is -3.22. The summed E-state index contributed by atoms with van der Waals surface area (Å²) in [6.07, 6.45) is 3.06. The lowest BCUT2D eigenvalue weighted by Crippen LogP contribution is -2.19. The van der Waals surface area contributed by atoms with E-state index in [1.165, 1.54) is 18.5 Å². The van der Waals surface area contributed by atoms with Gasteiger partial charge in [-0.1, -0.05) is 35.3 Å². The second kappa shape index (κ2) is 9.32. The largest absolute Gasteiger partial charge is 0.322 e. The summed E-state index contributed by atoms with van der Waals surface area (Å²) in [6.45, 7) is 1.75. The van der Waals surface area contributed by atoms with E-state index >= 15 is 0 Å². The zero-order valence-corrected chi connectivity index (χ0v) is 16.8. The molecule has 0 radical (unpaired) electrons. The number of hydrogen-bond donors (Lipinski definition) is 2. The Morgan fingerprint density at radius 1 is 0.931 bits per heavy atom. The van der Waals surface area contributed by atoms with Crippen molar-refractivity contribution in [1.29, 1.82) is 0 Å². The van der Waals surface area contributed by atoms with Crippen molar-refractivity contribution in [3.05, 3.63) is 93.7 Å². The van der Waals surface area contributed by atoms with Crippen LogP contribution in [0.5, 0.6) is 0 Å². The highest BCUT2D eigenvalue weighted by Crippen LogP contribution is 2.22. The molecule has 29 heavy (non-hydrogen) atoms. The van der Waals surface area contributed by atoms with Gasteiger partial charge in [-0.2, -0.15) is 5.10 Å². The van der Waals surface area contributed by atoms with Crippen LogP contribution >= 0.6 is 23.2 Å². The fraction of sp³-hybridized carbons (Fsp3) is 0.0476. The van der Waals surface area contributed by atoms with Crippen molar-refractivity contribution in [2.75, 3.05) is 5.32 Å². The van der Waals surface area contributed by atoms with Crippen molar-refractivity contribution in [3.63, 3.8) is 0 Å². The third-order valence-corrected chi connectivity index (χ3v) is 4.53. The quantitative estimate of drug-likeness (QED) is 0.454. The van der Waals surface area contributed by atoms with E-state index in [2.05, 4.69) is 20.8 Å². The molecule has 2 N–H and O–H groups in total. The maximum absolute atomic E-state index is 12.5. The van der Waals surface area contributed by atoms with E-state index < -0.39 is 0 Å². The van der Waals surface area contributed by atoms with Crippen LogP contribution in [-0.4, -0.2) is 22.5 Å². The van der Waals surface area contributed by atoms with E-state index in [1.54, 1.807) is 49.4 Å². The smallest absolute Gasteiger partial charge is 0.271 e. The molecule has 0 unspecified atom stereocenters. The summed E-state index contributed by atoms with van der Waals surface area (Å²) in [7, 11) is 0. The van der Waals surface area contributed by atoms with Crippen LogP contribution in [0.25, 0.3) is 0 Å². The molecule has 0 aliphatic carbocycles. The first-order valence-electron chi connectivity index (χ1n) is 8.55. The number of rotatable bonds is 5. The first kappa shape index (κ1) is 20.5. The van der Waals surface area contributed by atoms with Crippen LogP contribution in [0.1, 0.15) is 33.2 Å². The maximum Gasteiger partial charge on any atom is 0.271 e. The molecule has 0 saturated heterocycles. The van der Waals surface area contributed by atoms with Crippen molar-refractivity contribution >= 4 is 46.4 Å². The lowest BCUT2D eigenvalue weighted by atomic mass is 10.1. The molecule has 2 aromatic carbocycles. The van der Waals surface area contributed by atoms with Gasteiger partial charge in [-0.25, -0.2) is 5.43 Å². The number of anilines is 1. The average Bonchev–Trinajstić information content (AvgIpc) is 2.72. The standard InChI is InChI=1S/C21H16Cl2N4O2/c1-13(26-27-20(28)14-7-9-24-10-8-14)15-3-2-4-17(11-15)25-21(29)18-6-5-16(22)12-19(18)23/h2-12H,1H3,(H,25,29)(H,27,28)/b26-13+. The van der Waals surface area contributed by atoms with E-state index in [-0.39, 0.29) is 16.8 Å². The predicted octanol–water partition coefficient (Wildman–Crippen LogP) is 4.79. The number of halogens is 2. The SMILES string of the molecule is C/C(=N\NC(=O)c1ccncc1)c1cccc(NC(=O)c2ccc(Cl)cc2Cl)c1. The predicted molar refractivity (Wildman–Crippen MR) is 115 cm³/mol. The van der Waals surface area contributed by atoms with Gasteiger partial charge in [0.1, 0.15) is 0 Å². The molecule has 0 bridgehead atoms. The third-order valence-electron chi connectivity index (χ3n) is 3.98. The lowest BCUT2D eigenvalue weighted by Gasteiger charge is -2.09. The Kier molecular flexibility index (Phi) is 6.59. The van der Waals surface area contributed by atoms with Gasteiger partial charge in [0.05, 0.1) is 16.3 Å². The van der Waals surface area contributed by atoms with Crippen LogP contribution in [-0.2, 0) is 0 Å². The molecule has 1 aromatic heterocycles. The van der Waals surface area contributed by atoms with Crippen molar-refractivity contribution in [1.82, 2.24) is 10.4 Å². The number of carbonyl (C=O) groups excluding carboxylic acids is 2. The van der Waals surface area contributed by atoms with E-state index in [0.29, 0.717) is 27.5 Å². The Morgan fingerprint density at radius 2 is 1.69 bits per heavy atom. The summed E-state index contributed by atoms with van der Waals surface area (Å²) in [4.78, 5) is 28.4. The minimum atomic E-state index is -0.357. The molecule has 0 spiro atoms. The van der Waals surface area contributed by atoms with Crippen LogP contribution in [0.2, 0.25) is 10.0 Å². The van der Waals surface area contributed by atoms with E-state index in [4.69, 9.17) is 23.2 Å². The molecule has 146 valence electrons. The topological polar surface area (TPSA) is 83.4 Å². The van der Waals surface area contributed by atoms with Crippen molar-refractivity contribution < 1.29 is 9.59 Å². The second-order valence-electron chi connectivity index (χ2n) is 6.03. The third kappa shape index (κ3) is 5.40. The van der Waals surface area contributed by atoms with Crippen LogP contribution in [0, 0.1) is 0 Å². The molecular formula is C21H16Cl2N4O2. The van der Waals surface area contributed by atoms with Gasteiger partial charge in [0, 0.05) is 28.7 Å². The summed E-state index contributed by atoms with van der Waals surface area (Å²) >= 11 is 12.0. The fourth-order valence-corrected chi connectivity index (χ4v) is 2.96. The van der Waals surface area contributed by atoms with Gasteiger partial charge in [0.2, 0.25) is 0 Å². The van der Waals surface area contributed by atoms with Gasteiger partial charge in [0.25, 0.3) is 11.8 Å². The van der Waals surface area contributed by atoms with Gasteiger partial charge in [0.15, 0.2) is 0 Å². The Morgan fingerprint density at radius 3 is 2.41 bits per heavy atom. The number of nitrogens with zero attached hydrogens (tertiary/aromatic N) is 2. The molecule has 0 fully saturated rings. The normalized spacial score (nSPS) is 11.1. The van der Waals surface area contributed by atoms with E-state index in [0.717, 1.165) is 5.56 Å². The van der Waals surface area contributed by atoms with Crippen LogP contribution in [0.15, 0.2) is 72.1 Å². The molecule has 8 heteroatoms. The number of benzene rings is 2. The number of hydrazone groups is 1. The summed E-state index contributed by atoms with van der Waals surface area (Å²) in [5, 5.41) is 7.63. The summed E-state index contributed by atoms with van der Waals surface area (Å²) in [5.41, 5.74) is 5.15. The molecule has 2 amide bonds. The number of aromatic nitrogens is 1. The number of pyridine rings is 1. The molecule has 0 saturated carbocycles. The number of nitrogens with one attached hydrogen (secondary N) is 2. The zero-order chi connectivity index (χ0) is 20.8.